The molecule has 0 saturated carbocycles. The van der Waals surface area contributed by atoms with Gasteiger partial charge in [-0.1, -0.05) is 12.1 Å². The SMILES string of the molecule is CS(=O)(=O)N1CCc2nc(NC(=O)C3CC(c4ccc(F)cc4)NN3)sc2C1. The number of rotatable bonds is 4. The van der Waals surface area contributed by atoms with Gasteiger partial charge in [-0.25, -0.2) is 28.6 Å². The predicted octanol–water partition coefficient (Wildman–Crippen LogP) is 1.15. The number of hydrazine groups is 1. The van der Waals surface area contributed by atoms with Crippen molar-refractivity contribution < 1.29 is 17.6 Å². The summed E-state index contributed by atoms with van der Waals surface area (Å²) in [6.45, 7) is 0.688. The molecule has 150 valence electrons. The van der Waals surface area contributed by atoms with Gasteiger partial charge in [0.25, 0.3) is 0 Å². The van der Waals surface area contributed by atoms with Crippen molar-refractivity contribution in [3.05, 3.63) is 46.2 Å². The maximum absolute atomic E-state index is 13.1. The molecule has 0 spiro atoms. The number of nitrogens with zero attached hydrogens (tertiary/aromatic N) is 2. The number of halogens is 1. The number of hydrogen-bond donors (Lipinski definition) is 3. The fourth-order valence-electron chi connectivity index (χ4n) is 3.34. The minimum Gasteiger partial charge on any atom is -0.301 e. The van der Waals surface area contributed by atoms with E-state index in [0.29, 0.717) is 24.5 Å². The van der Waals surface area contributed by atoms with E-state index in [2.05, 4.69) is 21.2 Å². The number of anilines is 1. The summed E-state index contributed by atoms with van der Waals surface area (Å²) in [5, 5.41) is 3.28. The Morgan fingerprint density at radius 2 is 2.07 bits per heavy atom. The molecular weight excluding hydrogens is 405 g/mol. The fraction of sp³-hybridized carbons (Fsp3) is 0.412. The quantitative estimate of drug-likeness (QED) is 0.679. The predicted molar refractivity (Wildman–Crippen MR) is 104 cm³/mol. The summed E-state index contributed by atoms with van der Waals surface area (Å²) in [7, 11) is -3.25. The first-order valence-electron chi connectivity index (χ1n) is 8.80. The van der Waals surface area contributed by atoms with Crippen LogP contribution in [0.5, 0.6) is 0 Å². The first-order valence-corrected chi connectivity index (χ1v) is 11.5. The summed E-state index contributed by atoms with van der Waals surface area (Å²) in [6, 6.07) is 5.62. The Balaban J connectivity index is 1.39. The molecule has 1 aromatic heterocycles. The number of hydrogen-bond acceptors (Lipinski definition) is 7. The highest BCUT2D eigenvalue weighted by atomic mass is 32.2. The molecule has 0 radical (unpaired) electrons. The second-order valence-corrected chi connectivity index (χ2v) is 9.97. The van der Waals surface area contributed by atoms with E-state index < -0.39 is 16.1 Å². The van der Waals surface area contributed by atoms with Crippen molar-refractivity contribution in [1.82, 2.24) is 20.1 Å². The minimum absolute atomic E-state index is 0.0934. The van der Waals surface area contributed by atoms with E-state index >= 15 is 0 Å². The monoisotopic (exact) mass is 425 g/mol. The van der Waals surface area contributed by atoms with Gasteiger partial charge >= 0.3 is 0 Å². The van der Waals surface area contributed by atoms with E-state index in [1.165, 1.54) is 34.0 Å². The van der Waals surface area contributed by atoms with E-state index in [0.717, 1.165) is 16.1 Å². The van der Waals surface area contributed by atoms with Crippen LogP contribution in [-0.4, -0.2) is 42.5 Å². The van der Waals surface area contributed by atoms with Gasteiger partial charge in [-0.15, -0.1) is 11.3 Å². The first-order chi connectivity index (χ1) is 13.3. The number of nitrogens with one attached hydrogen (secondary N) is 3. The van der Waals surface area contributed by atoms with Crippen molar-refractivity contribution >= 4 is 32.4 Å². The van der Waals surface area contributed by atoms with Gasteiger partial charge in [0.15, 0.2) is 5.13 Å². The smallest absolute Gasteiger partial charge is 0.244 e. The molecule has 2 aromatic rings. The lowest BCUT2D eigenvalue weighted by Crippen LogP contribution is -2.39. The highest BCUT2D eigenvalue weighted by Gasteiger charge is 2.31. The molecule has 1 aromatic carbocycles. The number of aromatic nitrogens is 1. The molecule has 2 aliphatic rings. The van der Waals surface area contributed by atoms with Crippen LogP contribution in [0, 0.1) is 5.82 Å². The molecule has 1 saturated heterocycles. The molecule has 2 unspecified atom stereocenters. The maximum Gasteiger partial charge on any atom is 0.244 e. The third-order valence-corrected chi connectivity index (χ3v) is 7.13. The normalized spacial score (nSPS) is 22.8. The largest absolute Gasteiger partial charge is 0.301 e. The molecule has 3 N–H and O–H groups in total. The van der Waals surface area contributed by atoms with Crippen LogP contribution >= 0.6 is 11.3 Å². The number of carbonyl (C=O) groups is 1. The lowest BCUT2D eigenvalue weighted by molar-refractivity contribution is -0.117. The third-order valence-electron chi connectivity index (χ3n) is 4.89. The Hall–Kier alpha value is -1.92. The second kappa shape index (κ2) is 7.48. The van der Waals surface area contributed by atoms with Crippen LogP contribution < -0.4 is 16.2 Å². The van der Waals surface area contributed by atoms with Crippen molar-refractivity contribution in [2.24, 2.45) is 0 Å². The van der Waals surface area contributed by atoms with Crippen LogP contribution in [0.25, 0.3) is 0 Å². The Morgan fingerprint density at radius 1 is 1.32 bits per heavy atom. The topological polar surface area (TPSA) is 103 Å². The zero-order valence-electron chi connectivity index (χ0n) is 15.1. The van der Waals surface area contributed by atoms with Gasteiger partial charge in [0, 0.05) is 30.4 Å². The lowest BCUT2D eigenvalue weighted by Gasteiger charge is -2.23. The van der Waals surface area contributed by atoms with Crippen molar-refractivity contribution in [3.8, 4) is 0 Å². The Morgan fingerprint density at radius 3 is 2.79 bits per heavy atom. The van der Waals surface area contributed by atoms with Gasteiger partial charge in [-0.2, -0.15) is 4.31 Å². The molecule has 8 nitrogen and oxygen atoms in total. The van der Waals surface area contributed by atoms with Gasteiger partial charge < -0.3 is 5.32 Å². The number of fused-ring (bicyclic) bond motifs is 1. The lowest BCUT2D eigenvalue weighted by atomic mass is 10.0. The molecule has 1 fully saturated rings. The summed E-state index contributed by atoms with van der Waals surface area (Å²) >= 11 is 1.30. The van der Waals surface area contributed by atoms with E-state index in [4.69, 9.17) is 0 Å². The molecule has 11 heteroatoms. The number of benzene rings is 1. The van der Waals surface area contributed by atoms with Gasteiger partial charge in [0.2, 0.25) is 15.9 Å². The average molecular weight is 426 g/mol. The fourth-order valence-corrected chi connectivity index (χ4v) is 5.24. The van der Waals surface area contributed by atoms with Gasteiger partial charge in [-0.05, 0) is 24.1 Å². The molecule has 0 bridgehead atoms. The minimum atomic E-state index is -3.25. The summed E-state index contributed by atoms with van der Waals surface area (Å²) < 4.78 is 37.9. The molecule has 0 aliphatic carbocycles. The highest BCUT2D eigenvalue weighted by Crippen LogP contribution is 2.30. The number of carbonyl (C=O) groups excluding carboxylic acids is 1. The molecular formula is C17H20FN5O3S2. The summed E-state index contributed by atoms with van der Waals surface area (Å²) in [5.74, 6) is -0.519. The standard InChI is InChI=1S/C17H20FN5O3S2/c1-28(25,26)23-7-6-12-15(9-23)27-17(19-12)20-16(24)14-8-13(21-22-14)10-2-4-11(18)5-3-10/h2-5,13-14,21-22H,6-9H2,1H3,(H,19,20,24). The average Bonchev–Trinajstić information content (AvgIpc) is 3.27. The Bertz CT molecular complexity index is 993. The highest BCUT2D eigenvalue weighted by molar-refractivity contribution is 7.88. The van der Waals surface area contributed by atoms with Crippen molar-refractivity contribution in [1.29, 1.82) is 0 Å². The van der Waals surface area contributed by atoms with E-state index in [-0.39, 0.29) is 24.3 Å². The Kier molecular flexibility index (Phi) is 5.19. The molecule has 4 rings (SSSR count). The van der Waals surface area contributed by atoms with Crippen LogP contribution in [0.4, 0.5) is 9.52 Å². The summed E-state index contributed by atoms with van der Waals surface area (Å²) in [5.41, 5.74) is 7.75. The van der Waals surface area contributed by atoms with Crippen molar-refractivity contribution in [3.63, 3.8) is 0 Å². The summed E-state index contributed by atoms with van der Waals surface area (Å²) in [6.07, 6.45) is 2.24. The third kappa shape index (κ3) is 4.08. The number of thiazole rings is 1. The number of amides is 1. The van der Waals surface area contributed by atoms with Crippen molar-refractivity contribution in [2.45, 2.75) is 31.5 Å². The van der Waals surface area contributed by atoms with E-state index in [1.807, 2.05) is 0 Å². The van der Waals surface area contributed by atoms with Crippen LogP contribution in [0.2, 0.25) is 0 Å². The molecule has 2 atom stereocenters. The van der Waals surface area contributed by atoms with E-state index in [1.54, 1.807) is 12.1 Å². The maximum atomic E-state index is 13.1. The molecule has 28 heavy (non-hydrogen) atoms. The first kappa shape index (κ1) is 19.4. The number of sulfonamides is 1. The molecule has 3 heterocycles. The second-order valence-electron chi connectivity index (χ2n) is 6.91. The van der Waals surface area contributed by atoms with E-state index in [9.17, 15) is 17.6 Å². The van der Waals surface area contributed by atoms with Crippen LogP contribution in [-0.2, 0) is 27.8 Å². The van der Waals surface area contributed by atoms with Crippen LogP contribution in [0.15, 0.2) is 24.3 Å². The molecule has 2 aliphatic heterocycles. The summed E-state index contributed by atoms with van der Waals surface area (Å²) in [4.78, 5) is 17.9. The Labute approximate surface area is 166 Å². The van der Waals surface area contributed by atoms with Crippen molar-refractivity contribution in [2.75, 3.05) is 18.1 Å². The zero-order chi connectivity index (χ0) is 19.9. The van der Waals surface area contributed by atoms with Gasteiger partial charge in [0.1, 0.15) is 11.9 Å². The van der Waals surface area contributed by atoms with Crippen LogP contribution in [0.3, 0.4) is 0 Å². The molecule has 1 amide bonds. The zero-order valence-corrected chi connectivity index (χ0v) is 16.7. The van der Waals surface area contributed by atoms with Gasteiger partial charge in [-0.3, -0.25) is 4.79 Å². The van der Waals surface area contributed by atoms with Gasteiger partial charge in [0.05, 0.1) is 11.9 Å². The van der Waals surface area contributed by atoms with Crippen LogP contribution in [0.1, 0.15) is 28.6 Å².